The quantitative estimate of drug-likeness (QED) is 0.700. The zero-order valence-corrected chi connectivity index (χ0v) is 15.9. The first-order chi connectivity index (χ1) is 12.4. The summed E-state index contributed by atoms with van der Waals surface area (Å²) in [6, 6.07) is 12.1. The molecular weight excluding hydrogens is 377 g/mol. The van der Waals surface area contributed by atoms with Crippen molar-refractivity contribution in [1.29, 1.82) is 0 Å². The van der Waals surface area contributed by atoms with Crippen LogP contribution in [-0.4, -0.2) is 24.6 Å². The maximum Gasteiger partial charge on any atom is 0.347 e. The Bertz CT molecular complexity index is 778. The monoisotopic (exact) mass is 395 g/mol. The van der Waals surface area contributed by atoms with Gasteiger partial charge in [0.15, 0.2) is 12.7 Å². The lowest BCUT2D eigenvalue weighted by Gasteiger charge is -2.15. The summed E-state index contributed by atoms with van der Waals surface area (Å²) in [5.74, 6) is -0.798. The van der Waals surface area contributed by atoms with Gasteiger partial charge in [0.25, 0.3) is 5.91 Å². The van der Waals surface area contributed by atoms with E-state index in [4.69, 9.17) is 32.7 Å². The Morgan fingerprint density at radius 2 is 1.81 bits per heavy atom. The van der Waals surface area contributed by atoms with E-state index in [0.29, 0.717) is 16.5 Å². The molecule has 0 aliphatic rings. The summed E-state index contributed by atoms with van der Waals surface area (Å²) < 4.78 is 10.4. The van der Waals surface area contributed by atoms with E-state index >= 15 is 0 Å². The molecule has 2 rings (SSSR count). The lowest BCUT2D eigenvalue weighted by Crippen LogP contribution is -2.29. The van der Waals surface area contributed by atoms with E-state index in [1.54, 1.807) is 24.3 Å². The average Bonchev–Trinajstić information content (AvgIpc) is 2.62. The van der Waals surface area contributed by atoms with Gasteiger partial charge in [-0.15, -0.1) is 0 Å². The van der Waals surface area contributed by atoms with Crippen molar-refractivity contribution in [2.24, 2.45) is 0 Å². The molecule has 0 spiro atoms. The lowest BCUT2D eigenvalue weighted by atomic mass is 10.1. The fraction of sp³-hybridized carbons (Fsp3) is 0.263. The standard InChI is InChI=1S/C19H19Cl2NO4/c1-3-13-4-7-15(8-5-13)22-18(23)11-25-19(24)12(2)26-17-9-6-14(20)10-16(17)21/h4-10,12H,3,11H2,1-2H3,(H,22,23)/t12-/m0/s1. The van der Waals surface area contributed by atoms with Crippen molar-refractivity contribution in [3.63, 3.8) is 0 Å². The molecule has 1 atom stereocenters. The number of anilines is 1. The molecule has 0 unspecified atom stereocenters. The molecule has 2 aromatic rings. The molecule has 5 nitrogen and oxygen atoms in total. The van der Waals surface area contributed by atoms with Crippen molar-refractivity contribution < 1.29 is 19.1 Å². The van der Waals surface area contributed by atoms with Crippen LogP contribution in [0.5, 0.6) is 5.75 Å². The molecule has 0 fully saturated rings. The second-order valence-corrected chi connectivity index (χ2v) is 6.38. The first-order valence-electron chi connectivity index (χ1n) is 8.06. The normalized spacial score (nSPS) is 11.5. The first-order valence-corrected chi connectivity index (χ1v) is 8.81. The van der Waals surface area contributed by atoms with Gasteiger partial charge < -0.3 is 14.8 Å². The van der Waals surface area contributed by atoms with Crippen molar-refractivity contribution in [3.05, 3.63) is 58.1 Å². The Balaban J connectivity index is 1.81. The van der Waals surface area contributed by atoms with Crippen LogP contribution in [0.1, 0.15) is 19.4 Å². The highest BCUT2D eigenvalue weighted by Gasteiger charge is 2.19. The van der Waals surface area contributed by atoms with E-state index in [0.717, 1.165) is 6.42 Å². The molecule has 0 aliphatic heterocycles. The van der Waals surface area contributed by atoms with Crippen LogP contribution < -0.4 is 10.1 Å². The summed E-state index contributed by atoms with van der Waals surface area (Å²) in [6.07, 6.45) is -0.00762. The number of rotatable bonds is 7. The molecule has 0 radical (unpaired) electrons. The average molecular weight is 396 g/mol. The minimum absolute atomic E-state index is 0.283. The Kier molecular flexibility index (Phi) is 7.30. The molecular formula is C19H19Cl2NO4. The number of carbonyl (C=O) groups is 2. The highest BCUT2D eigenvalue weighted by molar-refractivity contribution is 6.35. The minimum atomic E-state index is -0.926. The lowest BCUT2D eigenvalue weighted by molar-refractivity contribution is -0.153. The zero-order valence-electron chi connectivity index (χ0n) is 14.4. The van der Waals surface area contributed by atoms with E-state index < -0.39 is 24.6 Å². The number of hydrogen-bond acceptors (Lipinski definition) is 4. The maximum absolute atomic E-state index is 12.0. The molecule has 26 heavy (non-hydrogen) atoms. The van der Waals surface area contributed by atoms with Gasteiger partial charge in [-0.1, -0.05) is 42.3 Å². The zero-order chi connectivity index (χ0) is 19.1. The third-order valence-corrected chi connectivity index (χ3v) is 4.05. The van der Waals surface area contributed by atoms with Crippen molar-refractivity contribution in [1.82, 2.24) is 0 Å². The van der Waals surface area contributed by atoms with Gasteiger partial charge in [-0.3, -0.25) is 4.79 Å². The van der Waals surface area contributed by atoms with Crippen LogP contribution >= 0.6 is 23.2 Å². The topological polar surface area (TPSA) is 64.6 Å². The molecule has 1 N–H and O–H groups in total. The van der Waals surface area contributed by atoms with E-state index in [-0.39, 0.29) is 5.02 Å². The Morgan fingerprint density at radius 1 is 1.12 bits per heavy atom. The smallest absolute Gasteiger partial charge is 0.347 e. The highest BCUT2D eigenvalue weighted by atomic mass is 35.5. The van der Waals surface area contributed by atoms with Crippen LogP contribution in [0.25, 0.3) is 0 Å². The van der Waals surface area contributed by atoms with Gasteiger partial charge in [-0.25, -0.2) is 4.79 Å². The summed E-state index contributed by atoms with van der Waals surface area (Å²) in [5, 5.41) is 3.40. The van der Waals surface area contributed by atoms with Crippen molar-refractivity contribution in [3.8, 4) is 5.75 Å². The highest BCUT2D eigenvalue weighted by Crippen LogP contribution is 2.28. The summed E-state index contributed by atoms with van der Waals surface area (Å²) >= 11 is 11.8. The minimum Gasteiger partial charge on any atom is -0.477 e. The number of ether oxygens (including phenoxy) is 2. The second kappa shape index (κ2) is 9.46. The number of benzene rings is 2. The van der Waals surface area contributed by atoms with E-state index in [2.05, 4.69) is 5.32 Å². The number of amides is 1. The molecule has 2 aromatic carbocycles. The number of esters is 1. The van der Waals surface area contributed by atoms with Crippen molar-refractivity contribution in [2.45, 2.75) is 26.4 Å². The fourth-order valence-electron chi connectivity index (χ4n) is 2.08. The van der Waals surface area contributed by atoms with Gasteiger partial charge in [0, 0.05) is 10.7 Å². The van der Waals surface area contributed by atoms with Gasteiger partial charge in [-0.2, -0.15) is 0 Å². The van der Waals surface area contributed by atoms with Crippen molar-refractivity contribution in [2.75, 3.05) is 11.9 Å². The number of carbonyl (C=O) groups excluding carboxylic acids is 2. The number of aryl methyl sites for hydroxylation is 1. The van der Waals surface area contributed by atoms with Gasteiger partial charge in [0.1, 0.15) is 5.75 Å². The van der Waals surface area contributed by atoms with Crippen LogP contribution in [0, 0.1) is 0 Å². The Morgan fingerprint density at radius 3 is 2.42 bits per heavy atom. The Hall–Kier alpha value is -2.24. The molecule has 0 aliphatic carbocycles. The van der Waals surface area contributed by atoms with E-state index in [9.17, 15) is 9.59 Å². The third kappa shape index (κ3) is 5.93. The van der Waals surface area contributed by atoms with Gasteiger partial charge in [0.2, 0.25) is 0 Å². The summed E-state index contributed by atoms with van der Waals surface area (Å²) in [7, 11) is 0. The molecule has 0 saturated carbocycles. The predicted octanol–water partition coefficient (Wildman–Crippen LogP) is 4.51. The van der Waals surface area contributed by atoms with Gasteiger partial charge in [0.05, 0.1) is 5.02 Å². The van der Waals surface area contributed by atoms with Gasteiger partial charge in [-0.05, 0) is 49.2 Å². The molecule has 138 valence electrons. The maximum atomic E-state index is 12.0. The molecule has 0 bridgehead atoms. The molecule has 7 heteroatoms. The third-order valence-electron chi connectivity index (χ3n) is 3.52. The SMILES string of the molecule is CCc1ccc(NC(=O)COC(=O)[C@H](C)Oc2ccc(Cl)cc2Cl)cc1. The molecule has 1 amide bonds. The van der Waals surface area contributed by atoms with Gasteiger partial charge >= 0.3 is 5.97 Å². The number of nitrogens with one attached hydrogen (secondary N) is 1. The largest absolute Gasteiger partial charge is 0.477 e. The van der Waals surface area contributed by atoms with Crippen molar-refractivity contribution >= 4 is 40.8 Å². The molecule has 0 saturated heterocycles. The molecule has 0 heterocycles. The number of halogens is 2. The van der Waals surface area contributed by atoms with Crippen LogP contribution in [-0.2, 0) is 20.7 Å². The van der Waals surface area contributed by atoms with Crippen LogP contribution in [0.4, 0.5) is 5.69 Å². The van der Waals surface area contributed by atoms with E-state index in [1.165, 1.54) is 18.6 Å². The summed E-state index contributed by atoms with van der Waals surface area (Å²) in [4.78, 5) is 23.8. The summed E-state index contributed by atoms with van der Waals surface area (Å²) in [5.41, 5.74) is 1.81. The second-order valence-electron chi connectivity index (χ2n) is 5.54. The Labute approximate surface area is 162 Å². The van der Waals surface area contributed by atoms with Crippen LogP contribution in [0.2, 0.25) is 10.0 Å². The van der Waals surface area contributed by atoms with E-state index in [1.807, 2.05) is 19.1 Å². The van der Waals surface area contributed by atoms with Crippen LogP contribution in [0.3, 0.4) is 0 Å². The predicted molar refractivity (Wildman–Crippen MR) is 102 cm³/mol. The first kappa shape index (κ1) is 20.1. The fourth-order valence-corrected chi connectivity index (χ4v) is 2.54. The molecule has 0 aromatic heterocycles. The summed E-state index contributed by atoms with van der Waals surface area (Å²) in [6.45, 7) is 3.15. The van der Waals surface area contributed by atoms with Crippen LogP contribution in [0.15, 0.2) is 42.5 Å². The number of hydrogen-bond donors (Lipinski definition) is 1.